The van der Waals surface area contributed by atoms with Crippen molar-refractivity contribution in [1.82, 2.24) is 0 Å². The number of phenols is 1. The molecule has 0 aromatic heterocycles. The van der Waals surface area contributed by atoms with Gasteiger partial charge in [0.1, 0.15) is 5.75 Å². The Labute approximate surface area is 202 Å². The highest BCUT2D eigenvalue weighted by Crippen LogP contribution is 2.14. The Bertz CT molecular complexity index is 648. The van der Waals surface area contributed by atoms with Crippen molar-refractivity contribution < 1.29 is 5.11 Å². The normalized spacial score (nSPS) is 9.94. The van der Waals surface area contributed by atoms with Crippen molar-refractivity contribution in [3.8, 4) is 5.75 Å². The molecule has 0 radical (unpaired) electrons. The van der Waals surface area contributed by atoms with Crippen LogP contribution in [0.1, 0.15) is 98.8 Å². The molecule has 0 amide bonds. The van der Waals surface area contributed by atoms with Crippen molar-refractivity contribution in [2.45, 2.75) is 102 Å². The molecule has 0 heterocycles. The van der Waals surface area contributed by atoms with E-state index in [-0.39, 0.29) is 0 Å². The van der Waals surface area contributed by atoms with Gasteiger partial charge in [0.15, 0.2) is 0 Å². The number of aryl methyl sites for hydroxylation is 3. The van der Waals surface area contributed by atoms with E-state index in [9.17, 15) is 0 Å². The molecule has 32 heavy (non-hydrogen) atoms. The van der Waals surface area contributed by atoms with Crippen LogP contribution in [0.25, 0.3) is 0 Å². The van der Waals surface area contributed by atoms with E-state index in [1.54, 1.807) is 6.07 Å². The van der Waals surface area contributed by atoms with E-state index >= 15 is 0 Å². The van der Waals surface area contributed by atoms with Crippen LogP contribution >= 0.6 is 0 Å². The molecule has 2 aromatic carbocycles. The smallest absolute Gasteiger partial charge is 0.118 e. The topological polar surface area (TPSA) is 20.2 Å². The molecule has 0 aliphatic heterocycles. The molecule has 0 bridgehead atoms. The molecule has 1 N–H and O–H groups in total. The van der Waals surface area contributed by atoms with Gasteiger partial charge in [0.2, 0.25) is 0 Å². The maximum Gasteiger partial charge on any atom is 0.118 e. The van der Waals surface area contributed by atoms with Crippen LogP contribution in [0.4, 0.5) is 0 Å². The summed E-state index contributed by atoms with van der Waals surface area (Å²) < 4.78 is 0. The third-order valence-electron chi connectivity index (χ3n) is 3.73. The summed E-state index contributed by atoms with van der Waals surface area (Å²) in [5.41, 5.74) is 5.10. The standard InChI is InChI=1S/C8H10O.C8H10.C7H10.4C2H6/c1-2-7-5-3-4-6-8(7)9;1-7-4-3-5-8(2)6-7;1-7-5-3-2-4-6-7;4*1-2/h3-6,9H,2H2,1H3;3-6H,1-2H3;3,5-6H,2,4H2,1H3;4*1-2H3. The number of hydrogen-bond acceptors (Lipinski definition) is 1. The van der Waals surface area contributed by atoms with Crippen molar-refractivity contribution >= 4 is 0 Å². The summed E-state index contributed by atoms with van der Waals surface area (Å²) in [5.74, 6) is 0.403. The predicted octanol–water partition coefficient (Wildman–Crippen LogP) is 10.6. The molecule has 0 saturated carbocycles. The highest BCUT2D eigenvalue weighted by Gasteiger charge is 1.92. The molecule has 0 fully saturated rings. The highest BCUT2D eigenvalue weighted by molar-refractivity contribution is 5.31. The SMILES string of the molecule is CC.CC.CC.CC.CC1=CCCC=C1.CCc1ccccc1O.Cc1cccc(C)c1. The van der Waals surface area contributed by atoms with Crippen LogP contribution in [0.3, 0.4) is 0 Å². The largest absolute Gasteiger partial charge is 0.508 e. The molecule has 0 saturated heterocycles. The van der Waals surface area contributed by atoms with Gasteiger partial charge in [0.25, 0.3) is 0 Å². The van der Waals surface area contributed by atoms with Crippen LogP contribution in [0.5, 0.6) is 5.75 Å². The fourth-order valence-corrected chi connectivity index (χ4v) is 2.36. The first-order valence-corrected chi connectivity index (χ1v) is 12.7. The van der Waals surface area contributed by atoms with Crippen LogP contribution in [0.2, 0.25) is 0 Å². The van der Waals surface area contributed by atoms with Gasteiger partial charge in [-0.1, -0.05) is 140 Å². The maximum atomic E-state index is 9.11. The molecule has 0 atom stereocenters. The van der Waals surface area contributed by atoms with Crippen molar-refractivity contribution in [3.63, 3.8) is 0 Å². The summed E-state index contributed by atoms with van der Waals surface area (Å²) >= 11 is 0. The Hall–Kier alpha value is -2.28. The van der Waals surface area contributed by atoms with Gasteiger partial charge in [0.05, 0.1) is 0 Å². The minimum atomic E-state index is 0.403. The Morgan fingerprint density at radius 2 is 1.19 bits per heavy atom. The lowest BCUT2D eigenvalue weighted by molar-refractivity contribution is 0.469. The van der Waals surface area contributed by atoms with Gasteiger partial charge in [-0.2, -0.15) is 0 Å². The molecule has 2 aromatic rings. The third-order valence-corrected chi connectivity index (χ3v) is 3.73. The lowest BCUT2D eigenvalue weighted by Gasteiger charge is -1.97. The lowest BCUT2D eigenvalue weighted by Crippen LogP contribution is -1.77. The first kappa shape index (κ1) is 37.1. The van der Waals surface area contributed by atoms with E-state index in [0.29, 0.717) is 5.75 Å². The first-order chi connectivity index (χ1) is 15.5. The van der Waals surface area contributed by atoms with Crippen LogP contribution < -0.4 is 0 Å². The molecule has 184 valence electrons. The van der Waals surface area contributed by atoms with Gasteiger partial charge in [-0.05, 0) is 51.7 Å². The monoisotopic (exact) mass is 442 g/mol. The Morgan fingerprint density at radius 1 is 0.688 bits per heavy atom. The zero-order valence-corrected chi connectivity index (χ0v) is 23.4. The van der Waals surface area contributed by atoms with E-state index in [2.05, 4.69) is 63.3 Å². The van der Waals surface area contributed by atoms with E-state index in [1.807, 2.05) is 80.5 Å². The molecule has 3 rings (SSSR count). The number of para-hydroxylation sites is 1. The summed E-state index contributed by atoms with van der Waals surface area (Å²) in [6.45, 7) is 24.4. The molecular weight excluding hydrogens is 388 g/mol. The van der Waals surface area contributed by atoms with Gasteiger partial charge in [-0.3, -0.25) is 0 Å². The van der Waals surface area contributed by atoms with Gasteiger partial charge in [-0.25, -0.2) is 0 Å². The number of hydrogen-bond donors (Lipinski definition) is 1. The zero-order chi connectivity index (χ0) is 25.8. The van der Waals surface area contributed by atoms with Crippen LogP contribution in [0.15, 0.2) is 72.3 Å². The molecule has 1 aliphatic carbocycles. The average molecular weight is 443 g/mol. The Kier molecular flexibility index (Phi) is 35.8. The minimum Gasteiger partial charge on any atom is -0.508 e. The second-order valence-electron chi connectivity index (χ2n) is 6.07. The van der Waals surface area contributed by atoms with E-state index in [0.717, 1.165) is 12.0 Å². The summed E-state index contributed by atoms with van der Waals surface area (Å²) in [6.07, 6.45) is 10.0. The van der Waals surface area contributed by atoms with Gasteiger partial charge >= 0.3 is 0 Å². The highest BCUT2D eigenvalue weighted by atomic mass is 16.3. The fraction of sp³-hybridized carbons (Fsp3) is 0.484. The number of aromatic hydroxyl groups is 1. The van der Waals surface area contributed by atoms with E-state index in [1.165, 1.54) is 29.5 Å². The summed E-state index contributed by atoms with van der Waals surface area (Å²) in [5, 5.41) is 9.11. The average Bonchev–Trinajstić information content (AvgIpc) is 2.86. The van der Waals surface area contributed by atoms with E-state index < -0.39 is 0 Å². The molecule has 1 nitrogen and oxygen atoms in total. The first-order valence-electron chi connectivity index (χ1n) is 12.7. The third kappa shape index (κ3) is 24.0. The van der Waals surface area contributed by atoms with Crippen molar-refractivity contribution in [1.29, 1.82) is 0 Å². The van der Waals surface area contributed by atoms with Crippen molar-refractivity contribution in [3.05, 3.63) is 89.0 Å². The predicted molar refractivity (Wildman–Crippen MR) is 151 cm³/mol. The number of phenolic OH excluding ortho intramolecular Hbond substituents is 1. The number of rotatable bonds is 1. The minimum absolute atomic E-state index is 0.403. The van der Waals surface area contributed by atoms with Crippen LogP contribution in [-0.4, -0.2) is 5.11 Å². The van der Waals surface area contributed by atoms with E-state index in [4.69, 9.17) is 5.11 Å². The molecule has 0 unspecified atom stereocenters. The lowest BCUT2D eigenvalue weighted by atomic mass is 10.1. The van der Waals surface area contributed by atoms with Gasteiger partial charge in [-0.15, -0.1) is 0 Å². The number of allylic oxidation sites excluding steroid dienone is 4. The molecule has 1 heteroatoms. The quantitative estimate of drug-likeness (QED) is 0.465. The second kappa shape index (κ2) is 30.9. The molecule has 0 spiro atoms. The Balaban J connectivity index is -0.000000159. The van der Waals surface area contributed by atoms with Gasteiger partial charge in [0, 0.05) is 0 Å². The van der Waals surface area contributed by atoms with Crippen molar-refractivity contribution in [2.75, 3.05) is 0 Å². The van der Waals surface area contributed by atoms with Crippen LogP contribution in [0, 0.1) is 13.8 Å². The van der Waals surface area contributed by atoms with Crippen LogP contribution in [-0.2, 0) is 6.42 Å². The zero-order valence-electron chi connectivity index (χ0n) is 23.4. The molecular formula is C31H54O. The maximum absolute atomic E-state index is 9.11. The summed E-state index contributed by atoms with van der Waals surface area (Å²) in [4.78, 5) is 0. The Morgan fingerprint density at radius 3 is 1.44 bits per heavy atom. The van der Waals surface area contributed by atoms with Crippen molar-refractivity contribution in [2.24, 2.45) is 0 Å². The summed E-state index contributed by atoms with van der Waals surface area (Å²) in [6, 6.07) is 15.8. The second-order valence-corrected chi connectivity index (χ2v) is 6.07. The van der Waals surface area contributed by atoms with Gasteiger partial charge < -0.3 is 5.11 Å². The fourth-order valence-electron chi connectivity index (χ4n) is 2.36. The number of benzene rings is 2. The molecule has 1 aliphatic rings. The summed E-state index contributed by atoms with van der Waals surface area (Å²) in [7, 11) is 0.